The molecule has 1 amide bonds. The molecule has 1 N–H and O–H groups in total. The van der Waals surface area contributed by atoms with Gasteiger partial charge in [0.2, 0.25) is 5.91 Å². The number of nitro groups is 1. The van der Waals surface area contributed by atoms with Crippen molar-refractivity contribution in [3.05, 3.63) is 64.5 Å². The lowest BCUT2D eigenvalue weighted by Gasteiger charge is -2.07. The minimum Gasteiger partial charge on any atom is -0.324 e. The fraction of sp³-hybridized carbons (Fsp3) is 0.0588. The molecule has 0 fully saturated rings. The summed E-state index contributed by atoms with van der Waals surface area (Å²) < 4.78 is 0. The number of rotatable bonds is 5. The van der Waals surface area contributed by atoms with Crippen molar-refractivity contribution >= 4 is 39.9 Å². The van der Waals surface area contributed by atoms with Crippen molar-refractivity contribution in [3.8, 4) is 6.07 Å². The number of nitriles is 1. The zero-order chi connectivity index (χ0) is 18.5. The molecule has 0 radical (unpaired) electrons. The zero-order valence-corrected chi connectivity index (χ0v) is 14.1. The lowest BCUT2D eigenvalue weighted by Crippen LogP contribution is -2.15. The summed E-state index contributed by atoms with van der Waals surface area (Å²) in [6, 6.07) is 13.0. The molecule has 3 rings (SSSR count). The van der Waals surface area contributed by atoms with Crippen LogP contribution in [-0.2, 0) is 4.79 Å². The van der Waals surface area contributed by atoms with Gasteiger partial charge in [0, 0.05) is 17.5 Å². The molecule has 0 atom stereocenters. The number of carbonyl (C=O) groups is 1. The van der Waals surface area contributed by atoms with Gasteiger partial charge in [0.1, 0.15) is 17.4 Å². The highest BCUT2D eigenvalue weighted by atomic mass is 32.2. The Labute approximate surface area is 152 Å². The number of aromatic nitrogens is 2. The first-order valence-corrected chi connectivity index (χ1v) is 8.38. The number of para-hydroxylation sites is 1. The van der Waals surface area contributed by atoms with Crippen LogP contribution in [0.4, 0.5) is 11.4 Å². The minimum absolute atomic E-state index is 0.0324. The van der Waals surface area contributed by atoms with Gasteiger partial charge >= 0.3 is 0 Å². The van der Waals surface area contributed by atoms with Crippen LogP contribution < -0.4 is 5.32 Å². The zero-order valence-electron chi connectivity index (χ0n) is 13.2. The van der Waals surface area contributed by atoms with Crippen molar-refractivity contribution in [3.63, 3.8) is 0 Å². The summed E-state index contributed by atoms with van der Waals surface area (Å²) in [6.45, 7) is 0. The number of anilines is 1. The van der Waals surface area contributed by atoms with Gasteiger partial charge in [-0.3, -0.25) is 14.9 Å². The Kier molecular flexibility index (Phi) is 5.05. The maximum atomic E-state index is 12.2. The maximum Gasteiger partial charge on any atom is 0.270 e. The van der Waals surface area contributed by atoms with E-state index in [4.69, 9.17) is 5.26 Å². The Morgan fingerprint density at radius 1 is 1.27 bits per heavy atom. The van der Waals surface area contributed by atoms with E-state index in [-0.39, 0.29) is 28.6 Å². The number of nitrogens with one attached hydrogen (secondary N) is 1. The number of nitro benzene ring substituents is 1. The Morgan fingerprint density at radius 3 is 2.85 bits per heavy atom. The Hall–Kier alpha value is -3.51. The fourth-order valence-electron chi connectivity index (χ4n) is 2.26. The Balaban J connectivity index is 1.71. The lowest BCUT2D eigenvalue weighted by molar-refractivity contribution is -0.384. The van der Waals surface area contributed by atoms with Gasteiger partial charge in [0.15, 0.2) is 0 Å². The van der Waals surface area contributed by atoms with Gasteiger partial charge in [-0.05, 0) is 12.1 Å². The number of carbonyl (C=O) groups excluding carboxylic acids is 1. The van der Waals surface area contributed by atoms with Gasteiger partial charge in [-0.2, -0.15) is 5.26 Å². The molecule has 0 aliphatic rings. The van der Waals surface area contributed by atoms with Crippen LogP contribution in [0.25, 0.3) is 10.9 Å². The van der Waals surface area contributed by atoms with Gasteiger partial charge in [-0.1, -0.05) is 30.0 Å². The molecule has 128 valence electrons. The third kappa shape index (κ3) is 3.76. The van der Waals surface area contributed by atoms with Crippen molar-refractivity contribution < 1.29 is 9.72 Å². The van der Waals surface area contributed by atoms with Gasteiger partial charge in [-0.15, -0.1) is 0 Å². The van der Waals surface area contributed by atoms with E-state index in [1.165, 1.54) is 30.2 Å². The summed E-state index contributed by atoms with van der Waals surface area (Å²) in [6.07, 6.45) is 1.44. The summed E-state index contributed by atoms with van der Waals surface area (Å²) in [5, 5.41) is 24.0. The van der Waals surface area contributed by atoms with E-state index < -0.39 is 4.92 Å². The molecule has 0 aliphatic heterocycles. The van der Waals surface area contributed by atoms with E-state index >= 15 is 0 Å². The number of nitrogens with zero attached hydrogens (tertiary/aromatic N) is 4. The predicted molar refractivity (Wildman–Crippen MR) is 96.7 cm³/mol. The Bertz CT molecular complexity index is 1040. The highest BCUT2D eigenvalue weighted by molar-refractivity contribution is 8.00. The molecule has 0 saturated heterocycles. The van der Waals surface area contributed by atoms with Gasteiger partial charge in [0.25, 0.3) is 5.69 Å². The summed E-state index contributed by atoms with van der Waals surface area (Å²) in [5.41, 5.74) is 0.843. The fourth-order valence-corrected chi connectivity index (χ4v) is 3.05. The topological polar surface area (TPSA) is 122 Å². The van der Waals surface area contributed by atoms with Crippen LogP contribution in [0.15, 0.2) is 53.8 Å². The predicted octanol–water partition coefficient (Wildman–Crippen LogP) is 3.14. The van der Waals surface area contributed by atoms with Crippen LogP contribution >= 0.6 is 11.8 Å². The highest BCUT2D eigenvalue weighted by Crippen LogP contribution is 2.25. The second kappa shape index (κ2) is 7.58. The quantitative estimate of drug-likeness (QED) is 0.319. The van der Waals surface area contributed by atoms with E-state index in [0.29, 0.717) is 5.03 Å². The molecular weight excluding hydrogens is 354 g/mol. The van der Waals surface area contributed by atoms with Crippen LogP contribution in [0.2, 0.25) is 0 Å². The molecule has 0 bridgehead atoms. The number of fused-ring (bicyclic) bond motifs is 1. The minimum atomic E-state index is -0.595. The molecule has 0 saturated carbocycles. The highest BCUT2D eigenvalue weighted by Gasteiger charge is 2.13. The number of hydrogen-bond donors (Lipinski definition) is 1. The average molecular weight is 365 g/mol. The molecule has 3 aromatic rings. The molecule has 0 spiro atoms. The molecule has 0 aliphatic carbocycles. The van der Waals surface area contributed by atoms with Crippen LogP contribution in [0, 0.1) is 21.4 Å². The van der Waals surface area contributed by atoms with Crippen molar-refractivity contribution in [1.29, 1.82) is 5.26 Å². The van der Waals surface area contributed by atoms with Gasteiger partial charge in [-0.25, -0.2) is 9.97 Å². The molecular formula is C17H11N5O3S. The number of benzene rings is 2. The van der Waals surface area contributed by atoms with Crippen LogP contribution in [0.1, 0.15) is 5.56 Å². The molecule has 2 aromatic carbocycles. The van der Waals surface area contributed by atoms with Crippen molar-refractivity contribution in [1.82, 2.24) is 9.97 Å². The molecule has 9 heteroatoms. The number of non-ortho nitro benzene ring substituents is 1. The third-order valence-corrected chi connectivity index (χ3v) is 4.46. The molecule has 1 heterocycles. The normalized spacial score (nSPS) is 10.3. The average Bonchev–Trinajstić information content (AvgIpc) is 2.66. The van der Waals surface area contributed by atoms with E-state index in [2.05, 4.69) is 15.3 Å². The van der Waals surface area contributed by atoms with Gasteiger partial charge < -0.3 is 5.32 Å². The molecule has 0 unspecified atom stereocenters. The van der Waals surface area contributed by atoms with Crippen molar-refractivity contribution in [2.75, 3.05) is 11.1 Å². The second-order valence-electron chi connectivity index (χ2n) is 5.13. The van der Waals surface area contributed by atoms with Crippen LogP contribution in [0.3, 0.4) is 0 Å². The van der Waals surface area contributed by atoms with Crippen molar-refractivity contribution in [2.45, 2.75) is 5.03 Å². The summed E-state index contributed by atoms with van der Waals surface area (Å²) in [4.78, 5) is 30.7. The molecule has 8 nitrogen and oxygen atoms in total. The Morgan fingerprint density at radius 2 is 2.08 bits per heavy atom. The standard InChI is InChI=1S/C17H11N5O3S/c18-8-11-7-12(22(24)25)5-6-14(11)21-16(23)9-26-17-13-3-1-2-4-15(13)19-10-20-17/h1-7,10H,9H2,(H,21,23). The summed E-state index contributed by atoms with van der Waals surface area (Å²) in [7, 11) is 0. The molecule has 26 heavy (non-hydrogen) atoms. The lowest BCUT2D eigenvalue weighted by atomic mass is 10.1. The number of hydrogen-bond acceptors (Lipinski definition) is 7. The first-order valence-electron chi connectivity index (χ1n) is 7.39. The van der Waals surface area contributed by atoms with Crippen molar-refractivity contribution in [2.24, 2.45) is 0 Å². The first kappa shape index (κ1) is 17.3. The molecule has 1 aromatic heterocycles. The third-order valence-electron chi connectivity index (χ3n) is 3.45. The monoisotopic (exact) mass is 365 g/mol. The van der Waals surface area contributed by atoms with E-state index in [9.17, 15) is 14.9 Å². The van der Waals surface area contributed by atoms with E-state index in [0.717, 1.165) is 17.0 Å². The SMILES string of the molecule is N#Cc1cc([N+](=O)[O-])ccc1NC(=O)CSc1ncnc2ccccc12. The summed E-state index contributed by atoms with van der Waals surface area (Å²) in [5.74, 6) is -0.272. The maximum absolute atomic E-state index is 12.2. The van der Waals surface area contributed by atoms with Crippen LogP contribution in [0.5, 0.6) is 0 Å². The summed E-state index contributed by atoms with van der Waals surface area (Å²) >= 11 is 1.24. The first-order chi connectivity index (χ1) is 12.6. The number of thioether (sulfide) groups is 1. The second-order valence-corrected chi connectivity index (χ2v) is 6.10. The van der Waals surface area contributed by atoms with Crippen LogP contribution in [-0.4, -0.2) is 26.6 Å². The van der Waals surface area contributed by atoms with E-state index in [1.54, 1.807) is 0 Å². The smallest absolute Gasteiger partial charge is 0.270 e. The number of amides is 1. The largest absolute Gasteiger partial charge is 0.324 e. The van der Waals surface area contributed by atoms with Gasteiger partial charge in [0.05, 0.1) is 27.4 Å². The van der Waals surface area contributed by atoms with E-state index in [1.807, 2.05) is 30.3 Å².